The number of benzene rings is 1. The molecule has 0 aliphatic heterocycles. The van der Waals surface area contributed by atoms with Crippen molar-refractivity contribution >= 4 is 0 Å². The second-order valence-corrected chi connectivity index (χ2v) is 5.76. The van der Waals surface area contributed by atoms with Crippen LogP contribution in [0.15, 0.2) is 30.6 Å². The summed E-state index contributed by atoms with van der Waals surface area (Å²) in [5.74, 6) is 0.970. The summed E-state index contributed by atoms with van der Waals surface area (Å²) < 4.78 is 7.92. The van der Waals surface area contributed by atoms with Gasteiger partial charge in [0.2, 0.25) is 0 Å². The number of aryl methyl sites for hydroxylation is 2. The SMILES string of the molecule is CCn1cc(COc2ccc(C)cc2CNC2CC2)cn1. The maximum Gasteiger partial charge on any atom is 0.124 e. The summed E-state index contributed by atoms with van der Waals surface area (Å²) in [4.78, 5) is 0. The van der Waals surface area contributed by atoms with Crippen molar-refractivity contribution in [3.8, 4) is 5.75 Å². The number of rotatable bonds is 7. The predicted molar refractivity (Wildman–Crippen MR) is 83.3 cm³/mol. The first-order valence-electron chi connectivity index (χ1n) is 7.71. The van der Waals surface area contributed by atoms with E-state index in [1.807, 2.05) is 17.1 Å². The summed E-state index contributed by atoms with van der Waals surface area (Å²) >= 11 is 0. The van der Waals surface area contributed by atoms with Gasteiger partial charge in [-0.25, -0.2) is 0 Å². The van der Waals surface area contributed by atoms with Crippen LogP contribution in [0.2, 0.25) is 0 Å². The molecule has 0 radical (unpaired) electrons. The molecule has 4 heteroatoms. The zero-order chi connectivity index (χ0) is 14.7. The summed E-state index contributed by atoms with van der Waals surface area (Å²) in [6.45, 7) is 6.55. The van der Waals surface area contributed by atoms with E-state index in [4.69, 9.17) is 4.74 Å². The van der Waals surface area contributed by atoms with Crippen molar-refractivity contribution in [1.82, 2.24) is 15.1 Å². The number of nitrogens with one attached hydrogen (secondary N) is 1. The van der Waals surface area contributed by atoms with Crippen LogP contribution in [0.4, 0.5) is 0 Å². The van der Waals surface area contributed by atoms with Crippen molar-refractivity contribution in [2.24, 2.45) is 0 Å². The molecule has 0 spiro atoms. The van der Waals surface area contributed by atoms with Gasteiger partial charge in [0.1, 0.15) is 12.4 Å². The third-order valence-corrected chi connectivity index (χ3v) is 3.78. The molecule has 112 valence electrons. The Bertz CT molecular complexity index is 602. The van der Waals surface area contributed by atoms with E-state index in [1.54, 1.807) is 0 Å². The Kier molecular flexibility index (Phi) is 4.25. The van der Waals surface area contributed by atoms with Crippen LogP contribution in [0.1, 0.15) is 36.5 Å². The van der Waals surface area contributed by atoms with Crippen LogP contribution in [0, 0.1) is 6.92 Å². The first-order chi connectivity index (χ1) is 10.2. The van der Waals surface area contributed by atoms with E-state index in [0.717, 1.165) is 24.4 Å². The van der Waals surface area contributed by atoms with Gasteiger partial charge in [-0.05, 0) is 32.8 Å². The monoisotopic (exact) mass is 285 g/mol. The summed E-state index contributed by atoms with van der Waals surface area (Å²) in [5, 5.41) is 7.83. The number of ether oxygens (including phenoxy) is 1. The topological polar surface area (TPSA) is 39.1 Å². The molecular weight excluding hydrogens is 262 g/mol. The Morgan fingerprint density at radius 1 is 1.38 bits per heavy atom. The van der Waals surface area contributed by atoms with Crippen LogP contribution in [-0.2, 0) is 19.7 Å². The molecule has 1 aromatic heterocycles. The molecule has 21 heavy (non-hydrogen) atoms. The largest absolute Gasteiger partial charge is 0.488 e. The molecule has 0 saturated heterocycles. The number of hydrogen-bond donors (Lipinski definition) is 1. The summed E-state index contributed by atoms with van der Waals surface area (Å²) in [6, 6.07) is 7.09. The Morgan fingerprint density at radius 2 is 2.24 bits per heavy atom. The van der Waals surface area contributed by atoms with Crippen LogP contribution in [0.5, 0.6) is 5.75 Å². The number of hydrogen-bond acceptors (Lipinski definition) is 3. The molecule has 1 saturated carbocycles. The molecule has 0 unspecified atom stereocenters. The van der Waals surface area contributed by atoms with Crippen LogP contribution in [0.25, 0.3) is 0 Å². The lowest BCUT2D eigenvalue weighted by Gasteiger charge is -2.12. The fourth-order valence-corrected chi connectivity index (χ4v) is 2.34. The summed E-state index contributed by atoms with van der Waals surface area (Å²) in [7, 11) is 0. The molecule has 0 atom stereocenters. The van der Waals surface area contributed by atoms with E-state index < -0.39 is 0 Å². The molecule has 1 N–H and O–H groups in total. The highest BCUT2D eigenvalue weighted by Gasteiger charge is 2.20. The standard InChI is InChI=1S/C17H23N3O/c1-3-20-11-14(9-19-20)12-21-17-7-4-13(2)8-15(17)10-18-16-5-6-16/h4,7-9,11,16,18H,3,5-6,10,12H2,1-2H3. The molecule has 1 aliphatic rings. The average molecular weight is 285 g/mol. The quantitative estimate of drug-likeness (QED) is 0.850. The van der Waals surface area contributed by atoms with Gasteiger partial charge in [0, 0.05) is 36.5 Å². The molecule has 0 amide bonds. The van der Waals surface area contributed by atoms with E-state index in [2.05, 4.69) is 42.5 Å². The van der Waals surface area contributed by atoms with E-state index in [9.17, 15) is 0 Å². The van der Waals surface area contributed by atoms with Gasteiger partial charge >= 0.3 is 0 Å². The minimum absolute atomic E-state index is 0.569. The van der Waals surface area contributed by atoms with Crippen molar-refractivity contribution in [2.75, 3.05) is 0 Å². The number of nitrogens with zero attached hydrogens (tertiary/aromatic N) is 2. The van der Waals surface area contributed by atoms with Gasteiger partial charge in [0.15, 0.2) is 0 Å². The first kappa shape index (κ1) is 14.1. The summed E-state index contributed by atoms with van der Waals surface area (Å²) in [5.41, 5.74) is 3.62. The van der Waals surface area contributed by atoms with Crippen LogP contribution in [0.3, 0.4) is 0 Å². The Labute approximate surface area is 126 Å². The molecule has 0 bridgehead atoms. The molecule has 2 aromatic rings. The van der Waals surface area contributed by atoms with Gasteiger partial charge in [-0.15, -0.1) is 0 Å². The smallest absolute Gasteiger partial charge is 0.124 e. The highest BCUT2D eigenvalue weighted by molar-refractivity contribution is 5.37. The third-order valence-electron chi connectivity index (χ3n) is 3.78. The predicted octanol–water partition coefficient (Wildman–Crippen LogP) is 3.04. The van der Waals surface area contributed by atoms with Crippen LogP contribution in [-0.4, -0.2) is 15.8 Å². The van der Waals surface area contributed by atoms with Crippen LogP contribution >= 0.6 is 0 Å². The van der Waals surface area contributed by atoms with Gasteiger partial charge in [-0.3, -0.25) is 4.68 Å². The molecule has 1 aromatic carbocycles. The van der Waals surface area contributed by atoms with Gasteiger partial charge < -0.3 is 10.1 Å². The van der Waals surface area contributed by atoms with E-state index in [1.165, 1.54) is 24.0 Å². The Hall–Kier alpha value is -1.81. The minimum atomic E-state index is 0.569. The second-order valence-electron chi connectivity index (χ2n) is 5.76. The molecule has 1 aliphatic carbocycles. The number of aromatic nitrogens is 2. The van der Waals surface area contributed by atoms with E-state index >= 15 is 0 Å². The zero-order valence-electron chi connectivity index (χ0n) is 12.8. The highest BCUT2D eigenvalue weighted by Crippen LogP contribution is 2.24. The maximum absolute atomic E-state index is 6.00. The Balaban J connectivity index is 1.65. The average Bonchev–Trinajstić information content (AvgIpc) is 3.21. The van der Waals surface area contributed by atoms with Gasteiger partial charge in [0.05, 0.1) is 6.20 Å². The fourth-order valence-electron chi connectivity index (χ4n) is 2.34. The lowest BCUT2D eigenvalue weighted by molar-refractivity contribution is 0.302. The van der Waals surface area contributed by atoms with Crippen molar-refractivity contribution in [3.63, 3.8) is 0 Å². The van der Waals surface area contributed by atoms with Crippen molar-refractivity contribution < 1.29 is 4.74 Å². The van der Waals surface area contributed by atoms with Crippen LogP contribution < -0.4 is 10.1 Å². The molecule has 1 heterocycles. The van der Waals surface area contributed by atoms with E-state index in [-0.39, 0.29) is 0 Å². The van der Waals surface area contributed by atoms with Crippen molar-refractivity contribution in [1.29, 1.82) is 0 Å². The lowest BCUT2D eigenvalue weighted by Crippen LogP contribution is -2.16. The normalized spacial score (nSPS) is 14.4. The minimum Gasteiger partial charge on any atom is -0.488 e. The molecular formula is C17H23N3O. The lowest BCUT2D eigenvalue weighted by atomic mass is 10.1. The third kappa shape index (κ3) is 3.85. The van der Waals surface area contributed by atoms with Gasteiger partial charge in [-0.1, -0.05) is 17.7 Å². The fraction of sp³-hybridized carbons (Fsp3) is 0.471. The van der Waals surface area contributed by atoms with Gasteiger partial charge in [0.25, 0.3) is 0 Å². The molecule has 3 rings (SSSR count). The van der Waals surface area contributed by atoms with Gasteiger partial charge in [-0.2, -0.15) is 5.10 Å². The molecule has 4 nitrogen and oxygen atoms in total. The van der Waals surface area contributed by atoms with Crippen molar-refractivity contribution in [3.05, 3.63) is 47.3 Å². The zero-order valence-corrected chi connectivity index (χ0v) is 12.8. The summed E-state index contributed by atoms with van der Waals surface area (Å²) in [6.07, 6.45) is 6.52. The Morgan fingerprint density at radius 3 is 2.95 bits per heavy atom. The highest BCUT2D eigenvalue weighted by atomic mass is 16.5. The first-order valence-corrected chi connectivity index (χ1v) is 7.71. The maximum atomic E-state index is 6.00. The van der Waals surface area contributed by atoms with E-state index in [0.29, 0.717) is 12.6 Å². The molecule has 1 fully saturated rings. The van der Waals surface area contributed by atoms with Crippen molar-refractivity contribution in [2.45, 2.75) is 52.4 Å². The second kappa shape index (κ2) is 6.31.